The number of carbonyl (C=O) groups is 2. The van der Waals surface area contributed by atoms with Gasteiger partial charge in [0.05, 0.1) is 17.7 Å². The molecule has 2 amide bonds. The molecule has 0 fully saturated rings. The smallest absolute Gasteiger partial charge is 0.264 e. The molecule has 43 heavy (non-hydrogen) atoms. The van der Waals surface area contributed by atoms with Crippen molar-refractivity contribution in [3.63, 3.8) is 0 Å². The highest BCUT2D eigenvalue weighted by atomic mass is 32.2. The van der Waals surface area contributed by atoms with Crippen molar-refractivity contribution in [1.29, 1.82) is 0 Å². The van der Waals surface area contributed by atoms with E-state index in [9.17, 15) is 22.4 Å². The minimum atomic E-state index is -4.30. The third-order valence-electron chi connectivity index (χ3n) is 7.03. The summed E-state index contributed by atoms with van der Waals surface area (Å²) in [5.41, 5.74) is 2.73. The number of hydrogen-bond donors (Lipinski definition) is 1. The summed E-state index contributed by atoms with van der Waals surface area (Å²) >= 11 is 0. The number of benzene rings is 4. The van der Waals surface area contributed by atoms with Gasteiger partial charge in [-0.05, 0) is 66.6 Å². The molecule has 4 aromatic carbocycles. The summed E-state index contributed by atoms with van der Waals surface area (Å²) in [7, 11) is -1.34. The Bertz CT molecular complexity index is 1630. The first kappa shape index (κ1) is 31.2. The van der Waals surface area contributed by atoms with Crippen molar-refractivity contribution in [3.8, 4) is 5.75 Å². The maximum absolute atomic E-state index is 14.2. The molecule has 8 nitrogen and oxygen atoms in total. The average Bonchev–Trinajstić information content (AvgIpc) is 3.03. The van der Waals surface area contributed by atoms with E-state index in [2.05, 4.69) is 5.32 Å². The van der Waals surface area contributed by atoms with Crippen molar-refractivity contribution in [3.05, 3.63) is 126 Å². The normalized spacial score (nSPS) is 11.8. The fourth-order valence-corrected chi connectivity index (χ4v) is 6.04. The summed E-state index contributed by atoms with van der Waals surface area (Å²) in [6.07, 6.45) is 0.208. The van der Waals surface area contributed by atoms with E-state index in [1.807, 2.05) is 61.5 Å². The number of carbonyl (C=O) groups excluding carboxylic acids is 2. The van der Waals surface area contributed by atoms with Crippen LogP contribution in [0.1, 0.15) is 16.7 Å². The Morgan fingerprint density at radius 3 is 2.07 bits per heavy atom. The van der Waals surface area contributed by atoms with Crippen molar-refractivity contribution < 1.29 is 27.1 Å². The first-order valence-electron chi connectivity index (χ1n) is 13.6. The number of amides is 2. The van der Waals surface area contributed by atoms with Gasteiger partial charge in [-0.3, -0.25) is 13.9 Å². The van der Waals surface area contributed by atoms with Crippen LogP contribution in [0.4, 0.5) is 10.1 Å². The van der Waals surface area contributed by atoms with E-state index in [1.54, 1.807) is 0 Å². The van der Waals surface area contributed by atoms with Crippen LogP contribution < -0.4 is 14.4 Å². The van der Waals surface area contributed by atoms with Gasteiger partial charge in [-0.25, -0.2) is 12.8 Å². The number of ether oxygens (including phenoxy) is 1. The van der Waals surface area contributed by atoms with Crippen molar-refractivity contribution in [2.45, 2.75) is 30.8 Å². The molecule has 0 aliphatic carbocycles. The summed E-state index contributed by atoms with van der Waals surface area (Å²) in [6, 6.07) is 26.5. The van der Waals surface area contributed by atoms with Gasteiger partial charge in [0, 0.05) is 20.0 Å². The summed E-state index contributed by atoms with van der Waals surface area (Å²) in [5.74, 6) is -1.09. The summed E-state index contributed by atoms with van der Waals surface area (Å²) in [5, 5.41) is 2.66. The molecule has 0 aliphatic heterocycles. The third-order valence-corrected chi connectivity index (χ3v) is 8.82. The molecule has 0 radical (unpaired) electrons. The second kappa shape index (κ2) is 14.0. The lowest BCUT2D eigenvalue weighted by molar-refractivity contribution is -0.139. The minimum absolute atomic E-state index is 0.0594. The lowest BCUT2D eigenvalue weighted by Gasteiger charge is -2.33. The Balaban J connectivity index is 1.77. The Morgan fingerprint density at radius 1 is 0.860 bits per heavy atom. The Morgan fingerprint density at radius 2 is 1.49 bits per heavy atom. The fourth-order valence-electron chi connectivity index (χ4n) is 4.62. The number of halogens is 1. The van der Waals surface area contributed by atoms with Crippen molar-refractivity contribution >= 4 is 27.5 Å². The Kier molecular flexibility index (Phi) is 10.2. The maximum atomic E-state index is 14.2. The molecule has 0 unspecified atom stereocenters. The molecule has 0 aromatic heterocycles. The quantitative estimate of drug-likeness (QED) is 0.253. The van der Waals surface area contributed by atoms with E-state index in [1.165, 1.54) is 55.5 Å². The fraction of sp³-hybridized carbons (Fsp3) is 0.212. The van der Waals surface area contributed by atoms with Gasteiger partial charge in [-0.1, -0.05) is 60.2 Å². The number of sulfonamides is 1. The molecule has 1 atom stereocenters. The predicted octanol–water partition coefficient (Wildman–Crippen LogP) is 4.72. The van der Waals surface area contributed by atoms with Crippen LogP contribution in [0.3, 0.4) is 0 Å². The van der Waals surface area contributed by atoms with Gasteiger partial charge in [0.1, 0.15) is 24.2 Å². The molecule has 0 saturated heterocycles. The molecule has 0 heterocycles. The number of hydrogen-bond acceptors (Lipinski definition) is 5. The zero-order valence-electron chi connectivity index (χ0n) is 24.2. The number of likely N-dealkylation sites (N-methyl/N-ethyl adjacent to an activating group) is 1. The highest BCUT2D eigenvalue weighted by molar-refractivity contribution is 7.92. The summed E-state index contributed by atoms with van der Waals surface area (Å²) < 4.78 is 47.9. The Labute approximate surface area is 251 Å². The van der Waals surface area contributed by atoms with Gasteiger partial charge in [-0.15, -0.1) is 0 Å². The van der Waals surface area contributed by atoms with E-state index in [0.29, 0.717) is 5.75 Å². The predicted molar refractivity (Wildman–Crippen MR) is 164 cm³/mol. The molecular weight excluding hydrogens is 569 g/mol. The molecular formula is C33H34FN3O5S. The zero-order chi connectivity index (χ0) is 31.0. The van der Waals surface area contributed by atoms with Gasteiger partial charge in [0.25, 0.3) is 10.0 Å². The molecule has 0 saturated carbocycles. The van der Waals surface area contributed by atoms with Gasteiger partial charge < -0.3 is 15.0 Å². The SMILES string of the molecule is CNC(=O)[C@@H](Cc1ccccc1)N(Cc1ccc(C)cc1)C(=O)CN(c1ccc(F)cc1)S(=O)(=O)c1ccc(OC)cc1. The van der Waals surface area contributed by atoms with Gasteiger partial charge in [0.2, 0.25) is 11.8 Å². The van der Waals surface area contributed by atoms with Crippen LogP contribution in [-0.2, 0) is 32.6 Å². The summed E-state index contributed by atoms with van der Waals surface area (Å²) in [6.45, 7) is 1.37. The maximum Gasteiger partial charge on any atom is 0.264 e. The van der Waals surface area contributed by atoms with E-state index < -0.39 is 40.2 Å². The van der Waals surface area contributed by atoms with Crippen LogP contribution in [0.2, 0.25) is 0 Å². The van der Waals surface area contributed by atoms with Crippen molar-refractivity contribution in [2.24, 2.45) is 0 Å². The van der Waals surface area contributed by atoms with Gasteiger partial charge >= 0.3 is 0 Å². The number of rotatable bonds is 12. The molecule has 1 N–H and O–H groups in total. The second-order valence-electron chi connectivity index (χ2n) is 9.99. The van der Waals surface area contributed by atoms with Gasteiger partial charge in [0.15, 0.2) is 0 Å². The molecule has 0 aliphatic rings. The molecule has 4 aromatic rings. The molecule has 0 bridgehead atoms. The topological polar surface area (TPSA) is 96.0 Å². The second-order valence-corrected chi connectivity index (χ2v) is 11.9. The molecule has 10 heteroatoms. The van der Waals surface area contributed by atoms with Crippen LogP contribution in [0.5, 0.6) is 5.75 Å². The monoisotopic (exact) mass is 603 g/mol. The number of nitrogens with one attached hydrogen (secondary N) is 1. The van der Waals surface area contributed by atoms with Crippen molar-refractivity contribution in [2.75, 3.05) is 25.0 Å². The molecule has 0 spiro atoms. The lowest BCUT2D eigenvalue weighted by atomic mass is 10.0. The lowest BCUT2D eigenvalue weighted by Crippen LogP contribution is -2.53. The molecule has 224 valence electrons. The highest BCUT2D eigenvalue weighted by Gasteiger charge is 2.34. The average molecular weight is 604 g/mol. The highest BCUT2D eigenvalue weighted by Crippen LogP contribution is 2.26. The number of anilines is 1. The van der Waals surface area contributed by atoms with E-state index in [0.717, 1.165) is 33.1 Å². The van der Waals surface area contributed by atoms with Crippen LogP contribution in [0.25, 0.3) is 0 Å². The van der Waals surface area contributed by atoms with E-state index in [-0.39, 0.29) is 23.5 Å². The van der Waals surface area contributed by atoms with Crippen LogP contribution in [0, 0.1) is 12.7 Å². The Hall–Kier alpha value is -4.70. The zero-order valence-corrected chi connectivity index (χ0v) is 25.1. The van der Waals surface area contributed by atoms with Crippen molar-refractivity contribution in [1.82, 2.24) is 10.2 Å². The van der Waals surface area contributed by atoms with Crippen LogP contribution in [-0.4, -0.2) is 51.9 Å². The standard InChI is InChI=1S/C33H34FN3O5S/c1-24-9-11-26(12-10-24)22-36(31(33(39)35-2)21-25-7-5-4-6-8-25)32(38)23-37(28-15-13-27(34)14-16-28)43(40,41)30-19-17-29(42-3)18-20-30/h4-20,31H,21-23H2,1-3H3,(H,35,39)/t31-/m1/s1. The number of methoxy groups -OCH3 is 1. The largest absolute Gasteiger partial charge is 0.497 e. The van der Waals surface area contributed by atoms with Gasteiger partial charge in [-0.2, -0.15) is 0 Å². The first-order chi connectivity index (χ1) is 20.6. The third kappa shape index (κ3) is 7.78. The van der Waals surface area contributed by atoms with Crippen LogP contribution >= 0.6 is 0 Å². The first-order valence-corrected chi connectivity index (χ1v) is 15.1. The minimum Gasteiger partial charge on any atom is -0.497 e. The number of aryl methyl sites for hydroxylation is 1. The van der Waals surface area contributed by atoms with E-state index in [4.69, 9.17) is 4.74 Å². The van der Waals surface area contributed by atoms with Crippen LogP contribution in [0.15, 0.2) is 108 Å². The molecule has 4 rings (SSSR count). The van der Waals surface area contributed by atoms with E-state index >= 15 is 0 Å². The number of nitrogens with zero attached hydrogens (tertiary/aromatic N) is 2. The summed E-state index contributed by atoms with van der Waals surface area (Å²) in [4.78, 5) is 28.8.